The summed E-state index contributed by atoms with van der Waals surface area (Å²) in [5, 5.41) is 10.8. The predicted octanol–water partition coefficient (Wildman–Crippen LogP) is -0.245. The van der Waals surface area contributed by atoms with Gasteiger partial charge in [0.2, 0.25) is 5.91 Å². The Balaban J connectivity index is 3.03. The lowest BCUT2D eigenvalue weighted by Gasteiger charge is -2.00. The van der Waals surface area contributed by atoms with Gasteiger partial charge in [0.1, 0.15) is 0 Å². The molecule has 0 aromatic rings. The molecule has 0 aliphatic rings. The molecule has 0 aliphatic heterocycles. The Bertz CT molecular complexity index is 150. The van der Waals surface area contributed by atoms with Crippen molar-refractivity contribution >= 4 is 5.91 Å². The van der Waals surface area contributed by atoms with Crippen LogP contribution in [0.25, 0.3) is 0 Å². The first-order valence-electron chi connectivity index (χ1n) is 3.65. The van der Waals surface area contributed by atoms with Gasteiger partial charge in [-0.1, -0.05) is 0 Å². The Hall–Kier alpha value is -1.08. The first-order chi connectivity index (χ1) is 5.31. The summed E-state index contributed by atoms with van der Waals surface area (Å²) in [5.74, 6) is -0.137. The summed E-state index contributed by atoms with van der Waals surface area (Å²) >= 11 is 0. The topological polar surface area (TPSA) is 78.9 Å². The molecular weight excluding hydrogens is 142 g/mol. The third-order valence-corrected chi connectivity index (χ3v) is 1.22. The van der Waals surface area contributed by atoms with Gasteiger partial charge in [-0.25, -0.2) is 0 Å². The van der Waals surface area contributed by atoms with Gasteiger partial charge in [-0.3, -0.25) is 4.79 Å². The molecular formula is C7H13N3O. The number of nitrogens with zero attached hydrogens (tertiary/aromatic N) is 1. The maximum Gasteiger partial charge on any atom is 0.233 e. The SMILES string of the molecule is N#CCCCCNC(=O)CN. The van der Waals surface area contributed by atoms with E-state index in [1.165, 1.54) is 0 Å². The Morgan fingerprint density at radius 3 is 2.82 bits per heavy atom. The number of nitrogens with two attached hydrogens (primary N) is 1. The molecule has 1 amide bonds. The first-order valence-corrected chi connectivity index (χ1v) is 3.65. The van der Waals surface area contributed by atoms with E-state index in [9.17, 15) is 4.79 Å². The highest BCUT2D eigenvalue weighted by atomic mass is 16.1. The summed E-state index contributed by atoms with van der Waals surface area (Å²) in [6.07, 6.45) is 2.24. The van der Waals surface area contributed by atoms with Crippen LogP contribution in [-0.2, 0) is 4.79 Å². The van der Waals surface area contributed by atoms with Gasteiger partial charge < -0.3 is 11.1 Å². The monoisotopic (exact) mass is 155 g/mol. The smallest absolute Gasteiger partial charge is 0.233 e. The van der Waals surface area contributed by atoms with Gasteiger partial charge in [0.05, 0.1) is 12.6 Å². The van der Waals surface area contributed by atoms with Crippen molar-refractivity contribution in [2.45, 2.75) is 19.3 Å². The summed E-state index contributed by atoms with van der Waals surface area (Å²) in [7, 11) is 0. The number of carbonyl (C=O) groups is 1. The van der Waals surface area contributed by atoms with Gasteiger partial charge in [0, 0.05) is 13.0 Å². The number of amides is 1. The molecule has 0 heterocycles. The fourth-order valence-corrected chi connectivity index (χ4v) is 0.629. The van der Waals surface area contributed by atoms with Crippen molar-refractivity contribution in [2.75, 3.05) is 13.1 Å². The van der Waals surface area contributed by atoms with E-state index in [-0.39, 0.29) is 12.5 Å². The molecule has 0 saturated carbocycles. The molecule has 0 bridgehead atoms. The molecule has 0 aromatic heterocycles. The highest BCUT2D eigenvalue weighted by molar-refractivity contribution is 5.77. The lowest BCUT2D eigenvalue weighted by molar-refractivity contribution is -0.119. The number of carbonyl (C=O) groups excluding carboxylic acids is 1. The van der Waals surface area contributed by atoms with Crippen molar-refractivity contribution in [3.63, 3.8) is 0 Å². The number of nitriles is 1. The van der Waals surface area contributed by atoms with E-state index in [4.69, 9.17) is 11.0 Å². The fraction of sp³-hybridized carbons (Fsp3) is 0.714. The third kappa shape index (κ3) is 6.81. The van der Waals surface area contributed by atoms with E-state index in [1.54, 1.807) is 0 Å². The molecule has 0 atom stereocenters. The molecule has 0 aliphatic carbocycles. The van der Waals surface area contributed by atoms with Crippen molar-refractivity contribution in [3.05, 3.63) is 0 Å². The second-order valence-electron chi connectivity index (χ2n) is 2.17. The maximum absolute atomic E-state index is 10.5. The number of rotatable bonds is 5. The number of hydrogen-bond donors (Lipinski definition) is 2. The van der Waals surface area contributed by atoms with E-state index in [2.05, 4.69) is 5.32 Å². The molecule has 11 heavy (non-hydrogen) atoms. The average Bonchev–Trinajstić information content (AvgIpc) is 2.04. The molecule has 3 N–H and O–H groups in total. The van der Waals surface area contributed by atoms with Crippen molar-refractivity contribution in [1.82, 2.24) is 5.32 Å². The summed E-state index contributed by atoms with van der Waals surface area (Å²) in [4.78, 5) is 10.5. The van der Waals surface area contributed by atoms with Crippen LogP contribution in [0.2, 0.25) is 0 Å². The van der Waals surface area contributed by atoms with Gasteiger partial charge >= 0.3 is 0 Å². The maximum atomic E-state index is 10.5. The van der Waals surface area contributed by atoms with E-state index < -0.39 is 0 Å². The molecule has 0 radical (unpaired) electrons. The largest absolute Gasteiger partial charge is 0.355 e. The van der Waals surface area contributed by atoms with Crippen LogP contribution in [0.5, 0.6) is 0 Å². The quantitative estimate of drug-likeness (QED) is 0.537. The Morgan fingerprint density at radius 2 is 2.27 bits per heavy atom. The Morgan fingerprint density at radius 1 is 1.55 bits per heavy atom. The number of unbranched alkanes of at least 4 members (excludes halogenated alkanes) is 2. The van der Waals surface area contributed by atoms with Crippen LogP contribution in [0, 0.1) is 11.3 Å². The average molecular weight is 155 g/mol. The van der Waals surface area contributed by atoms with Crippen LogP contribution in [0.1, 0.15) is 19.3 Å². The van der Waals surface area contributed by atoms with Crippen molar-refractivity contribution in [2.24, 2.45) is 5.73 Å². The van der Waals surface area contributed by atoms with Crippen LogP contribution in [0.15, 0.2) is 0 Å². The zero-order chi connectivity index (χ0) is 8.53. The zero-order valence-electron chi connectivity index (χ0n) is 6.47. The minimum atomic E-state index is -0.137. The second-order valence-corrected chi connectivity index (χ2v) is 2.17. The van der Waals surface area contributed by atoms with Crippen LogP contribution in [-0.4, -0.2) is 19.0 Å². The molecule has 4 heteroatoms. The van der Waals surface area contributed by atoms with E-state index in [0.29, 0.717) is 13.0 Å². The van der Waals surface area contributed by atoms with Gasteiger partial charge in [-0.15, -0.1) is 0 Å². The molecule has 0 unspecified atom stereocenters. The van der Waals surface area contributed by atoms with Gasteiger partial charge in [0.25, 0.3) is 0 Å². The zero-order valence-corrected chi connectivity index (χ0v) is 6.47. The van der Waals surface area contributed by atoms with E-state index in [1.807, 2.05) is 6.07 Å². The van der Waals surface area contributed by atoms with Crippen LogP contribution in [0.3, 0.4) is 0 Å². The lowest BCUT2D eigenvalue weighted by Crippen LogP contribution is -2.30. The van der Waals surface area contributed by atoms with Gasteiger partial charge in [-0.2, -0.15) is 5.26 Å². The van der Waals surface area contributed by atoms with Crippen LogP contribution in [0.4, 0.5) is 0 Å². The Kier molecular flexibility index (Phi) is 6.34. The van der Waals surface area contributed by atoms with E-state index >= 15 is 0 Å². The normalized spacial score (nSPS) is 8.73. The molecule has 0 aromatic carbocycles. The predicted molar refractivity (Wildman–Crippen MR) is 41.5 cm³/mol. The fourth-order valence-electron chi connectivity index (χ4n) is 0.629. The third-order valence-electron chi connectivity index (χ3n) is 1.22. The summed E-state index contributed by atoms with van der Waals surface area (Å²) in [6.45, 7) is 0.663. The van der Waals surface area contributed by atoms with Gasteiger partial charge in [-0.05, 0) is 12.8 Å². The standard InChI is InChI=1S/C7H13N3O/c8-4-2-1-3-5-10-7(11)6-9/h1-3,5-6,9H2,(H,10,11). The van der Waals surface area contributed by atoms with Crippen LogP contribution >= 0.6 is 0 Å². The molecule has 4 nitrogen and oxygen atoms in total. The van der Waals surface area contributed by atoms with Gasteiger partial charge in [0.15, 0.2) is 0 Å². The second kappa shape index (κ2) is 7.03. The summed E-state index contributed by atoms with van der Waals surface area (Å²) in [5.41, 5.74) is 5.05. The minimum Gasteiger partial charge on any atom is -0.355 e. The first kappa shape index (κ1) is 9.92. The van der Waals surface area contributed by atoms with Crippen molar-refractivity contribution in [3.8, 4) is 6.07 Å². The van der Waals surface area contributed by atoms with Crippen molar-refractivity contribution < 1.29 is 4.79 Å². The lowest BCUT2D eigenvalue weighted by atomic mass is 10.2. The number of nitrogens with one attached hydrogen (secondary N) is 1. The minimum absolute atomic E-state index is 0.0399. The molecule has 0 spiro atoms. The highest BCUT2D eigenvalue weighted by Crippen LogP contribution is 1.90. The summed E-state index contributed by atoms with van der Waals surface area (Å²) < 4.78 is 0. The number of hydrogen-bond acceptors (Lipinski definition) is 3. The molecule has 0 rings (SSSR count). The molecule has 62 valence electrons. The Labute approximate surface area is 66.4 Å². The van der Waals surface area contributed by atoms with Crippen LogP contribution < -0.4 is 11.1 Å². The molecule has 0 saturated heterocycles. The molecule has 0 fully saturated rings. The highest BCUT2D eigenvalue weighted by Gasteiger charge is 1.94. The summed E-state index contributed by atoms with van der Waals surface area (Å²) in [6, 6.07) is 2.03. The van der Waals surface area contributed by atoms with E-state index in [0.717, 1.165) is 12.8 Å². The van der Waals surface area contributed by atoms with Crippen molar-refractivity contribution in [1.29, 1.82) is 5.26 Å².